The fourth-order valence-electron chi connectivity index (χ4n) is 4.21. The number of fused-ring (bicyclic) bond motifs is 3. The number of rotatable bonds is 4. The number of anilines is 2. The molecule has 0 aliphatic carbocycles. The quantitative estimate of drug-likeness (QED) is 0.782. The van der Waals surface area contributed by atoms with Gasteiger partial charge in [0.25, 0.3) is 5.91 Å². The van der Waals surface area contributed by atoms with Gasteiger partial charge in [0.05, 0.1) is 16.9 Å². The van der Waals surface area contributed by atoms with E-state index in [1.165, 1.54) is 0 Å². The first-order valence-electron chi connectivity index (χ1n) is 9.65. The number of phenols is 1. The van der Waals surface area contributed by atoms with Gasteiger partial charge in [0.15, 0.2) is 0 Å². The maximum atomic E-state index is 13.1. The highest BCUT2D eigenvalue weighted by atomic mass is 16.3. The van der Waals surface area contributed by atoms with E-state index in [1.54, 1.807) is 46.2 Å². The highest BCUT2D eigenvalue weighted by molar-refractivity contribution is 6.10. The molecule has 7 nitrogen and oxygen atoms in total. The first-order chi connectivity index (χ1) is 13.8. The van der Waals surface area contributed by atoms with Crippen molar-refractivity contribution in [2.45, 2.75) is 38.8 Å². The molecule has 2 aromatic rings. The largest absolute Gasteiger partial charge is 0.506 e. The molecule has 2 heterocycles. The third kappa shape index (κ3) is 3.12. The van der Waals surface area contributed by atoms with Gasteiger partial charge in [0.2, 0.25) is 11.8 Å². The monoisotopic (exact) mass is 393 g/mol. The number of aryl methyl sites for hydroxylation is 1. The number of hydrogen-bond acceptors (Lipinski definition) is 4. The third-order valence-corrected chi connectivity index (χ3v) is 5.74. The lowest BCUT2D eigenvalue weighted by atomic mass is 9.98. The van der Waals surface area contributed by atoms with Gasteiger partial charge in [-0.05, 0) is 50.1 Å². The zero-order chi connectivity index (χ0) is 20.8. The number of amides is 3. The molecule has 2 aromatic carbocycles. The Morgan fingerprint density at radius 2 is 1.97 bits per heavy atom. The fraction of sp³-hybridized carbons (Fsp3) is 0.318. The van der Waals surface area contributed by atoms with Crippen LogP contribution in [0.2, 0.25) is 0 Å². The highest BCUT2D eigenvalue weighted by Gasteiger charge is 2.52. The molecule has 7 heteroatoms. The number of phenolic OH excluding ortho intramolecular Hbond substituents is 1. The summed E-state index contributed by atoms with van der Waals surface area (Å²) in [5, 5.41) is 12.7. The molecule has 1 saturated heterocycles. The Morgan fingerprint density at radius 1 is 1.21 bits per heavy atom. The molecule has 0 spiro atoms. The van der Waals surface area contributed by atoms with Crippen LogP contribution in [-0.2, 0) is 9.59 Å². The van der Waals surface area contributed by atoms with E-state index in [2.05, 4.69) is 5.32 Å². The molecule has 2 aliphatic heterocycles. The Kier molecular flexibility index (Phi) is 4.53. The van der Waals surface area contributed by atoms with Crippen LogP contribution in [0.5, 0.6) is 5.75 Å². The summed E-state index contributed by atoms with van der Waals surface area (Å²) in [6, 6.07) is 12.1. The lowest BCUT2D eigenvalue weighted by Gasteiger charge is -2.48. The number of carbonyl (C=O) groups is 3. The van der Waals surface area contributed by atoms with E-state index in [-0.39, 0.29) is 36.4 Å². The minimum atomic E-state index is -0.783. The molecular formula is C22H23N3O4. The average Bonchev–Trinajstić information content (AvgIpc) is 2.99. The molecule has 150 valence electrons. The smallest absolute Gasteiger partial charge is 0.257 e. The van der Waals surface area contributed by atoms with Crippen LogP contribution in [-0.4, -0.2) is 39.9 Å². The van der Waals surface area contributed by atoms with Crippen LogP contribution in [0.3, 0.4) is 0 Å². The van der Waals surface area contributed by atoms with Crippen molar-refractivity contribution >= 4 is 29.1 Å². The Balaban J connectivity index is 1.54. The molecule has 29 heavy (non-hydrogen) atoms. The normalized spacial score (nSPS) is 20.5. The number of carbonyl (C=O) groups excluding carboxylic acids is 3. The van der Waals surface area contributed by atoms with Gasteiger partial charge in [-0.25, -0.2) is 0 Å². The van der Waals surface area contributed by atoms with Crippen LogP contribution in [0, 0.1) is 6.92 Å². The Morgan fingerprint density at radius 3 is 2.72 bits per heavy atom. The highest BCUT2D eigenvalue weighted by Crippen LogP contribution is 2.44. The van der Waals surface area contributed by atoms with E-state index in [4.69, 9.17) is 0 Å². The Hall–Kier alpha value is -3.35. The summed E-state index contributed by atoms with van der Waals surface area (Å²) in [6.45, 7) is 3.89. The topological polar surface area (TPSA) is 90.0 Å². The Bertz CT molecular complexity index is 1020. The second kappa shape index (κ2) is 6.92. The van der Waals surface area contributed by atoms with Crippen LogP contribution >= 0.6 is 0 Å². The molecule has 1 fully saturated rings. The number of benzene rings is 2. The molecule has 0 radical (unpaired) electrons. The average molecular weight is 393 g/mol. The maximum absolute atomic E-state index is 13.1. The van der Waals surface area contributed by atoms with Gasteiger partial charge in [-0.3, -0.25) is 19.3 Å². The number of hydrogen-bond donors (Lipinski definition) is 2. The second-order valence-corrected chi connectivity index (χ2v) is 7.74. The van der Waals surface area contributed by atoms with Crippen LogP contribution < -0.4 is 10.2 Å². The number of para-hydroxylation sites is 1. The summed E-state index contributed by atoms with van der Waals surface area (Å²) in [4.78, 5) is 41.5. The van der Waals surface area contributed by atoms with E-state index in [0.717, 1.165) is 5.56 Å². The standard InChI is InChI=1S/C22H23N3O4/c1-14-7-8-16(18(26)13-14)23-19(27)10-12-24-21(29)15-5-3-4-6-17(15)25-20(28)9-11-22(24,25)2/h3-8,13,26H,9-12H2,1-2H3,(H,23,27). The molecule has 0 bridgehead atoms. The molecule has 2 N–H and O–H groups in total. The number of aromatic hydroxyl groups is 1. The lowest BCUT2D eigenvalue weighted by molar-refractivity contribution is -0.117. The van der Waals surface area contributed by atoms with Crippen molar-refractivity contribution in [1.82, 2.24) is 4.90 Å². The molecule has 2 aliphatic rings. The lowest BCUT2D eigenvalue weighted by Crippen LogP contribution is -2.62. The molecular weight excluding hydrogens is 370 g/mol. The van der Waals surface area contributed by atoms with Crippen molar-refractivity contribution in [3.8, 4) is 5.75 Å². The van der Waals surface area contributed by atoms with Crippen molar-refractivity contribution in [2.75, 3.05) is 16.8 Å². The van der Waals surface area contributed by atoms with Gasteiger partial charge in [0.1, 0.15) is 11.4 Å². The van der Waals surface area contributed by atoms with Gasteiger partial charge < -0.3 is 15.3 Å². The van der Waals surface area contributed by atoms with Gasteiger partial charge in [0, 0.05) is 19.4 Å². The molecule has 1 atom stereocenters. The van der Waals surface area contributed by atoms with Crippen LogP contribution in [0.15, 0.2) is 42.5 Å². The van der Waals surface area contributed by atoms with Gasteiger partial charge in [-0.1, -0.05) is 18.2 Å². The molecule has 0 aromatic heterocycles. The fourth-order valence-corrected chi connectivity index (χ4v) is 4.21. The summed E-state index contributed by atoms with van der Waals surface area (Å²) in [7, 11) is 0. The minimum Gasteiger partial charge on any atom is -0.506 e. The van der Waals surface area contributed by atoms with Crippen molar-refractivity contribution in [3.63, 3.8) is 0 Å². The predicted octanol–water partition coefficient (Wildman–Crippen LogP) is 3.03. The Labute approximate surface area is 168 Å². The SMILES string of the molecule is Cc1ccc(NC(=O)CCN2C(=O)c3ccccc3N3C(=O)CCC23C)c(O)c1. The molecule has 1 unspecified atom stereocenters. The summed E-state index contributed by atoms with van der Waals surface area (Å²) in [6.07, 6.45) is 0.934. The summed E-state index contributed by atoms with van der Waals surface area (Å²) in [5.74, 6) is -0.511. The van der Waals surface area contributed by atoms with Crippen molar-refractivity contribution in [2.24, 2.45) is 0 Å². The van der Waals surface area contributed by atoms with Gasteiger partial charge in [-0.15, -0.1) is 0 Å². The van der Waals surface area contributed by atoms with Gasteiger partial charge >= 0.3 is 0 Å². The molecule has 4 rings (SSSR count). The summed E-state index contributed by atoms with van der Waals surface area (Å²) in [5.41, 5.74) is 1.54. The molecule has 3 amide bonds. The van der Waals surface area contributed by atoms with E-state index in [9.17, 15) is 19.5 Å². The maximum Gasteiger partial charge on any atom is 0.257 e. The third-order valence-electron chi connectivity index (χ3n) is 5.74. The van der Waals surface area contributed by atoms with Crippen molar-refractivity contribution in [3.05, 3.63) is 53.6 Å². The van der Waals surface area contributed by atoms with Crippen molar-refractivity contribution in [1.29, 1.82) is 0 Å². The number of nitrogens with one attached hydrogen (secondary N) is 1. The van der Waals surface area contributed by atoms with E-state index in [0.29, 0.717) is 29.8 Å². The van der Waals surface area contributed by atoms with Crippen LogP contribution in [0.25, 0.3) is 0 Å². The summed E-state index contributed by atoms with van der Waals surface area (Å²) >= 11 is 0. The van der Waals surface area contributed by atoms with Crippen LogP contribution in [0.1, 0.15) is 42.1 Å². The van der Waals surface area contributed by atoms with E-state index in [1.807, 2.05) is 19.9 Å². The first kappa shape index (κ1) is 19.0. The zero-order valence-electron chi connectivity index (χ0n) is 16.4. The summed E-state index contributed by atoms with van der Waals surface area (Å²) < 4.78 is 0. The van der Waals surface area contributed by atoms with Crippen molar-refractivity contribution < 1.29 is 19.5 Å². The first-order valence-corrected chi connectivity index (χ1v) is 9.65. The van der Waals surface area contributed by atoms with E-state index < -0.39 is 5.66 Å². The van der Waals surface area contributed by atoms with E-state index >= 15 is 0 Å². The molecule has 0 saturated carbocycles. The van der Waals surface area contributed by atoms with Crippen LogP contribution in [0.4, 0.5) is 11.4 Å². The minimum absolute atomic E-state index is 0.000790. The number of nitrogens with zero attached hydrogens (tertiary/aromatic N) is 2. The predicted molar refractivity (Wildman–Crippen MR) is 109 cm³/mol. The second-order valence-electron chi connectivity index (χ2n) is 7.74. The zero-order valence-corrected chi connectivity index (χ0v) is 16.4. The van der Waals surface area contributed by atoms with Gasteiger partial charge in [-0.2, -0.15) is 0 Å².